The first-order valence-corrected chi connectivity index (χ1v) is 19.4. The van der Waals surface area contributed by atoms with Gasteiger partial charge < -0.3 is 44.9 Å². The summed E-state index contributed by atoms with van der Waals surface area (Å²) < 4.78 is 17.4. The van der Waals surface area contributed by atoms with Crippen molar-refractivity contribution in [1.82, 2.24) is 14.7 Å². The van der Waals surface area contributed by atoms with E-state index >= 15 is 14.4 Å². The number of amides is 4. The Morgan fingerprint density at radius 3 is 1.95 bits per heavy atom. The maximum absolute atomic E-state index is 15.4. The van der Waals surface area contributed by atoms with Gasteiger partial charge in [0, 0.05) is 31.5 Å². The summed E-state index contributed by atoms with van der Waals surface area (Å²) in [5.74, 6) is -3.43. The Morgan fingerprint density at radius 1 is 0.746 bits per heavy atom. The molecule has 4 aromatic rings. The molecule has 15 nitrogen and oxygen atoms in total. The third kappa shape index (κ3) is 7.27. The highest BCUT2D eigenvalue weighted by molar-refractivity contribution is 6.16. The lowest BCUT2D eigenvalue weighted by atomic mass is 9.88. The number of fused-ring (bicyclic) bond motifs is 2. The van der Waals surface area contributed by atoms with Crippen LogP contribution in [0.3, 0.4) is 0 Å². The number of hydrogen-bond donors (Lipinski definition) is 3. The maximum atomic E-state index is 15.4. The molecule has 4 aliphatic heterocycles. The van der Waals surface area contributed by atoms with Gasteiger partial charge in [-0.25, -0.2) is 0 Å². The van der Waals surface area contributed by atoms with Crippen LogP contribution in [0.25, 0.3) is 0 Å². The Morgan fingerprint density at radius 2 is 1.34 bits per heavy atom. The van der Waals surface area contributed by atoms with Crippen LogP contribution >= 0.6 is 0 Å². The lowest BCUT2D eigenvalue weighted by Crippen LogP contribution is -2.68. The molecule has 0 bridgehead atoms. The number of Topliss-reactive ketones (excluding diaryl/α,β-unsaturated/α-hetero) is 2. The van der Waals surface area contributed by atoms with Crippen molar-refractivity contribution in [2.24, 2.45) is 5.73 Å². The first kappa shape index (κ1) is 39.3. The lowest BCUT2D eigenvalue weighted by Gasteiger charge is -2.42. The number of benzene rings is 4. The summed E-state index contributed by atoms with van der Waals surface area (Å²) in [6, 6.07) is 23.2. The van der Waals surface area contributed by atoms with Crippen molar-refractivity contribution >= 4 is 35.2 Å². The summed E-state index contributed by atoms with van der Waals surface area (Å²) in [6.07, 6.45) is -1.48. The van der Waals surface area contributed by atoms with Crippen LogP contribution in [0.15, 0.2) is 103 Å². The number of likely N-dealkylation sites (tertiary alicyclic amines) is 2. The molecule has 0 radical (unpaired) electrons. The van der Waals surface area contributed by atoms with Gasteiger partial charge in [-0.3, -0.25) is 28.8 Å². The zero-order valence-corrected chi connectivity index (χ0v) is 31.8. The average molecular weight is 803 g/mol. The van der Waals surface area contributed by atoms with Crippen molar-refractivity contribution in [3.8, 4) is 23.0 Å². The zero-order valence-electron chi connectivity index (χ0n) is 31.8. The average Bonchev–Trinajstić information content (AvgIpc) is 4.02. The van der Waals surface area contributed by atoms with Crippen LogP contribution in [0.5, 0.6) is 23.0 Å². The van der Waals surface area contributed by atoms with Gasteiger partial charge in [0.2, 0.25) is 17.4 Å². The molecule has 0 saturated carbocycles. The number of nitrogens with zero attached hydrogens (tertiary/aromatic N) is 3. The number of hydrogen-bond acceptors (Lipinski definition) is 11. The van der Waals surface area contributed by atoms with Gasteiger partial charge in [0.25, 0.3) is 11.8 Å². The summed E-state index contributed by atoms with van der Waals surface area (Å²) in [5.41, 5.74) is 4.85. The summed E-state index contributed by atoms with van der Waals surface area (Å²) in [5, 5.41) is 20.3. The van der Waals surface area contributed by atoms with E-state index < -0.39 is 71.9 Å². The molecular weight excluding hydrogens is 761 g/mol. The fourth-order valence-corrected chi connectivity index (χ4v) is 8.81. The van der Waals surface area contributed by atoms with E-state index in [1.54, 1.807) is 48.5 Å². The predicted molar refractivity (Wildman–Crippen MR) is 208 cm³/mol. The standard InChI is InChI=1S/C44H42N4O11/c45-43(56)44-37(52)25-58-38(44)19-21-47(44)42(55)34(23-27-8-14-30(50)15-9-27)48(40(53)28-10-16-32(17-11-28)59-31-4-2-1-3-5-31)33(22-26-6-12-29(49)13-7-26)41(54)46-20-18-36-39(46)35(51)24-57-36/h1-17,33-34,36,38-39,49-50H,18-25H2,(H2,45,56). The van der Waals surface area contributed by atoms with Gasteiger partial charge in [0.05, 0.1) is 12.2 Å². The lowest BCUT2D eigenvalue weighted by molar-refractivity contribution is -0.154. The van der Waals surface area contributed by atoms with E-state index in [1.165, 1.54) is 46.2 Å². The van der Waals surface area contributed by atoms with Crippen LogP contribution in [0.2, 0.25) is 0 Å². The molecular formula is C44H42N4O11. The van der Waals surface area contributed by atoms with Crippen LogP contribution in [-0.4, -0.2) is 122 Å². The van der Waals surface area contributed by atoms with Gasteiger partial charge in [-0.15, -0.1) is 0 Å². The first-order valence-electron chi connectivity index (χ1n) is 19.4. The summed E-state index contributed by atoms with van der Waals surface area (Å²) >= 11 is 0. The quantitative estimate of drug-likeness (QED) is 0.178. The van der Waals surface area contributed by atoms with Crippen LogP contribution in [0.4, 0.5) is 0 Å². The number of ether oxygens (including phenoxy) is 3. The zero-order chi connectivity index (χ0) is 41.4. The molecule has 0 spiro atoms. The Hall–Kier alpha value is -6.58. The van der Waals surface area contributed by atoms with Crippen LogP contribution in [0.1, 0.15) is 34.3 Å². The fraction of sp³-hybridized carbons (Fsp3) is 0.318. The van der Waals surface area contributed by atoms with Gasteiger partial charge in [0.15, 0.2) is 11.6 Å². The molecule has 59 heavy (non-hydrogen) atoms. The van der Waals surface area contributed by atoms with E-state index in [1.807, 2.05) is 18.2 Å². The smallest absolute Gasteiger partial charge is 0.255 e. The second-order valence-electron chi connectivity index (χ2n) is 15.1. The first-order chi connectivity index (χ1) is 28.4. The van der Waals surface area contributed by atoms with Gasteiger partial charge >= 0.3 is 0 Å². The molecule has 4 aromatic carbocycles. The number of nitrogens with two attached hydrogens (primary N) is 1. The minimum Gasteiger partial charge on any atom is -0.508 e. The van der Waals surface area contributed by atoms with Crippen LogP contribution in [0, 0.1) is 0 Å². The minimum atomic E-state index is -2.15. The molecule has 4 heterocycles. The molecule has 4 amide bonds. The molecule has 6 unspecified atom stereocenters. The number of aromatic hydroxyl groups is 2. The van der Waals surface area contributed by atoms with Gasteiger partial charge in [0.1, 0.15) is 54.3 Å². The summed E-state index contributed by atoms with van der Waals surface area (Å²) in [7, 11) is 0. The van der Waals surface area contributed by atoms with Gasteiger partial charge in [-0.1, -0.05) is 42.5 Å². The van der Waals surface area contributed by atoms with Gasteiger partial charge in [-0.05, 0) is 84.6 Å². The molecule has 304 valence electrons. The van der Waals surface area contributed by atoms with E-state index in [0.717, 1.165) is 4.90 Å². The second-order valence-corrected chi connectivity index (χ2v) is 15.1. The normalized spacial score (nSPS) is 23.1. The molecule has 4 aliphatic rings. The molecule has 15 heteroatoms. The highest BCUT2D eigenvalue weighted by Gasteiger charge is 2.65. The van der Waals surface area contributed by atoms with Crippen molar-refractivity contribution in [3.05, 3.63) is 120 Å². The molecule has 8 rings (SSSR count). The second kappa shape index (κ2) is 16.0. The highest BCUT2D eigenvalue weighted by Crippen LogP contribution is 2.40. The van der Waals surface area contributed by atoms with Crippen molar-refractivity contribution in [2.45, 2.75) is 61.6 Å². The number of ketones is 2. The largest absolute Gasteiger partial charge is 0.508 e. The van der Waals surface area contributed by atoms with Crippen LogP contribution < -0.4 is 10.5 Å². The number of rotatable bonds is 12. The van der Waals surface area contributed by atoms with E-state index in [2.05, 4.69) is 0 Å². The molecule has 0 aliphatic carbocycles. The van der Waals surface area contributed by atoms with Crippen LogP contribution in [-0.2, 0) is 46.3 Å². The fourth-order valence-electron chi connectivity index (χ4n) is 8.81. The Bertz CT molecular complexity index is 2270. The number of phenols is 2. The van der Waals surface area contributed by atoms with E-state index in [-0.39, 0.29) is 61.8 Å². The van der Waals surface area contributed by atoms with Crippen molar-refractivity contribution in [2.75, 3.05) is 26.3 Å². The SMILES string of the molecule is NC(=O)C12C(=O)COC1CCN2C(=O)C(Cc1ccc(O)cc1)N(C(=O)c1ccc(Oc2ccccc2)cc1)C(Cc1ccc(O)cc1)C(=O)N1CCC2OCC(=O)C21. The number of carbonyl (C=O) groups excluding carboxylic acids is 6. The topological polar surface area (TPSA) is 206 Å². The van der Waals surface area contributed by atoms with Gasteiger partial charge in [-0.2, -0.15) is 0 Å². The number of primary amides is 1. The summed E-state index contributed by atoms with van der Waals surface area (Å²) in [4.78, 5) is 89.9. The third-order valence-corrected chi connectivity index (χ3v) is 11.7. The molecule has 4 saturated heterocycles. The van der Waals surface area contributed by atoms with Crippen molar-refractivity contribution < 1.29 is 53.2 Å². The number of phenolic OH excluding ortho intramolecular Hbond substituents is 2. The monoisotopic (exact) mass is 802 g/mol. The summed E-state index contributed by atoms with van der Waals surface area (Å²) in [6.45, 7) is -0.600. The Labute approximate surface area is 338 Å². The molecule has 4 fully saturated rings. The number of carbonyl (C=O) groups is 6. The predicted octanol–water partition coefficient (Wildman–Crippen LogP) is 2.55. The van der Waals surface area contributed by atoms with E-state index in [0.29, 0.717) is 29.0 Å². The molecule has 6 atom stereocenters. The molecule has 0 aromatic heterocycles. The Kier molecular flexibility index (Phi) is 10.6. The van der Waals surface area contributed by atoms with Crippen molar-refractivity contribution in [1.29, 1.82) is 0 Å². The maximum Gasteiger partial charge on any atom is 0.255 e. The van der Waals surface area contributed by atoms with E-state index in [9.17, 15) is 24.6 Å². The van der Waals surface area contributed by atoms with Crippen molar-refractivity contribution in [3.63, 3.8) is 0 Å². The highest BCUT2D eigenvalue weighted by atomic mass is 16.5. The minimum absolute atomic E-state index is 0.0392. The number of para-hydroxylation sites is 1. The Balaban J connectivity index is 1.28. The van der Waals surface area contributed by atoms with E-state index in [4.69, 9.17) is 19.9 Å². The molecule has 4 N–H and O–H groups in total. The third-order valence-electron chi connectivity index (χ3n) is 11.7.